The van der Waals surface area contributed by atoms with E-state index in [-0.39, 0.29) is 6.42 Å². The Morgan fingerprint density at radius 1 is 0.917 bits per heavy atom. The minimum Gasteiger partial charge on any atom is -0.394 e. The second-order valence-corrected chi connectivity index (χ2v) is 2.71. The summed E-state index contributed by atoms with van der Waals surface area (Å²) < 4.78 is 0. The van der Waals surface area contributed by atoms with Crippen LogP contribution in [0.1, 0.15) is 13.3 Å². The maximum Gasteiger partial charge on any atom is 0.110 e. The highest BCUT2D eigenvalue weighted by atomic mass is 16.4. The van der Waals surface area contributed by atoms with Gasteiger partial charge in [-0.25, -0.2) is 0 Å². The quantitative estimate of drug-likeness (QED) is 0.331. The van der Waals surface area contributed by atoms with Crippen molar-refractivity contribution in [2.75, 3.05) is 6.61 Å². The number of hydrogen-bond acceptors (Lipinski definition) is 5. The van der Waals surface area contributed by atoms with Gasteiger partial charge in [-0.3, -0.25) is 0 Å². The van der Waals surface area contributed by atoms with Crippen LogP contribution in [0, 0.1) is 0 Å². The third-order valence-corrected chi connectivity index (χ3v) is 1.74. The van der Waals surface area contributed by atoms with Crippen LogP contribution in [0.3, 0.4) is 0 Å². The van der Waals surface area contributed by atoms with E-state index in [4.69, 9.17) is 25.5 Å². The van der Waals surface area contributed by atoms with E-state index in [9.17, 15) is 0 Å². The Hall–Kier alpha value is -0.200. The molecule has 0 aromatic rings. The first-order chi connectivity index (χ1) is 5.54. The molecule has 0 spiro atoms. The van der Waals surface area contributed by atoms with Crippen LogP contribution in [0.5, 0.6) is 0 Å². The largest absolute Gasteiger partial charge is 0.394 e. The fourth-order valence-corrected chi connectivity index (χ4v) is 0.805. The second kappa shape index (κ2) is 5.45. The fraction of sp³-hybridized carbons (Fsp3) is 1.00. The molecule has 0 aliphatic heterocycles. The van der Waals surface area contributed by atoms with E-state index in [2.05, 4.69) is 0 Å². The van der Waals surface area contributed by atoms with Crippen molar-refractivity contribution in [2.45, 2.75) is 37.8 Å². The van der Waals surface area contributed by atoms with Gasteiger partial charge in [-0.05, 0) is 6.42 Å². The molecule has 5 nitrogen and oxygen atoms in total. The lowest BCUT2D eigenvalue weighted by Gasteiger charge is -2.24. The zero-order valence-electron chi connectivity index (χ0n) is 6.96. The summed E-state index contributed by atoms with van der Waals surface area (Å²) in [4.78, 5) is 0. The molecule has 0 amide bonds. The van der Waals surface area contributed by atoms with Crippen LogP contribution < -0.4 is 0 Å². The van der Waals surface area contributed by atoms with E-state index in [1.807, 2.05) is 0 Å². The summed E-state index contributed by atoms with van der Waals surface area (Å²) in [5.41, 5.74) is 0. The van der Waals surface area contributed by atoms with Gasteiger partial charge in [0.15, 0.2) is 0 Å². The molecule has 0 aromatic carbocycles. The number of aliphatic hydroxyl groups excluding tert-OH is 5. The second-order valence-electron chi connectivity index (χ2n) is 2.71. The summed E-state index contributed by atoms with van der Waals surface area (Å²) in [5.74, 6) is 0. The Kier molecular flexibility index (Phi) is 5.36. The van der Waals surface area contributed by atoms with Gasteiger partial charge in [0, 0.05) is 0 Å². The molecular weight excluding hydrogens is 164 g/mol. The van der Waals surface area contributed by atoms with E-state index in [0.717, 1.165) is 0 Å². The summed E-state index contributed by atoms with van der Waals surface area (Å²) >= 11 is 0. The van der Waals surface area contributed by atoms with E-state index in [0.29, 0.717) is 0 Å². The lowest BCUT2D eigenvalue weighted by molar-refractivity contribution is -0.115. The SMILES string of the molecule is CCC(O)C(O)C(O)[C@H](O)CO. The first-order valence-corrected chi connectivity index (χ1v) is 3.87. The van der Waals surface area contributed by atoms with Gasteiger partial charge in [-0.1, -0.05) is 6.92 Å². The number of aliphatic hydroxyl groups is 5. The molecule has 0 saturated carbocycles. The molecule has 74 valence electrons. The predicted molar refractivity (Wildman–Crippen MR) is 41.4 cm³/mol. The molecule has 0 aliphatic rings. The standard InChI is InChI=1S/C7H16O5/c1-2-4(9)6(11)7(12)5(10)3-8/h4-12H,2-3H2,1H3/t4?,5-,6?,7?/m1/s1. The Bertz CT molecular complexity index is 104. The number of rotatable bonds is 5. The maximum absolute atomic E-state index is 9.12. The third kappa shape index (κ3) is 3.04. The molecule has 0 bridgehead atoms. The maximum atomic E-state index is 9.12. The first kappa shape index (κ1) is 11.8. The van der Waals surface area contributed by atoms with Crippen LogP contribution in [0.15, 0.2) is 0 Å². The van der Waals surface area contributed by atoms with Crippen molar-refractivity contribution in [3.05, 3.63) is 0 Å². The van der Waals surface area contributed by atoms with Gasteiger partial charge in [0.25, 0.3) is 0 Å². The highest BCUT2D eigenvalue weighted by molar-refractivity contribution is 4.79. The van der Waals surface area contributed by atoms with Crippen LogP contribution in [-0.4, -0.2) is 56.6 Å². The minimum absolute atomic E-state index is 0.274. The van der Waals surface area contributed by atoms with Gasteiger partial charge in [0.2, 0.25) is 0 Å². The van der Waals surface area contributed by atoms with Crippen LogP contribution in [-0.2, 0) is 0 Å². The van der Waals surface area contributed by atoms with Crippen molar-refractivity contribution in [2.24, 2.45) is 0 Å². The monoisotopic (exact) mass is 180 g/mol. The molecule has 3 unspecified atom stereocenters. The Labute approximate surface area is 70.9 Å². The third-order valence-electron chi connectivity index (χ3n) is 1.74. The smallest absolute Gasteiger partial charge is 0.110 e. The van der Waals surface area contributed by atoms with Crippen molar-refractivity contribution in [1.29, 1.82) is 0 Å². The lowest BCUT2D eigenvalue weighted by Crippen LogP contribution is -2.45. The van der Waals surface area contributed by atoms with Crippen LogP contribution in [0.2, 0.25) is 0 Å². The summed E-state index contributed by atoms with van der Waals surface area (Å²) in [6.07, 6.45) is -5.15. The minimum atomic E-state index is -1.51. The zero-order chi connectivity index (χ0) is 9.72. The molecule has 0 rings (SSSR count). The first-order valence-electron chi connectivity index (χ1n) is 3.87. The average Bonchev–Trinajstić information content (AvgIpc) is 2.12. The lowest BCUT2D eigenvalue weighted by atomic mass is 10.0. The number of hydrogen-bond donors (Lipinski definition) is 5. The van der Waals surface area contributed by atoms with E-state index >= 15 is 0 Å². The molecule has 5 N–H and O–H groups in total. The molecule has 0 saturated heterocycles. The van der Waals surface area contributed by atoms with E-state index < -0.39 is 31.0 Å². The van der Waals surface area contributed by atoms with Crippen LogP contribution in [0.25, 0.3) is 0 Å². The van der Waals surface area contributed by atoms with Gasteiger partial charge < -0.3 is 25.5 Å². The van der Waals surface area contributed by atoms with Crippen molar-refractivity contribution < 1.29 is 25.5 Å². The normalized spacial score (nSPS) is 21.5. The van der Waals surface area contributed by atoms with Crippen molar-refractivity contribution in [3.63, 3.8) is 0 Å². The van der Waals surface area contributed by atoms with Gasteiger partial charge in [-0.15, -0.1) is 0 Å². The zero-order valence-corrected chi connectivity index (χ0v) is 6.96. The molecule has 5 heteroatoms. The van der Waals surface area contributed by atoms with Crippen LogP contribution in [0.4, 0.5) is 0 Å². The molecule has 0 fully saturated rings. The Morgan fingerprint density at radius 3 is 1.67 bits per heavy atom. The molecule has 12 heavy (non-hydrogen) atoms. The molecule has 0 aliphatic carbocycles. The highest BCUT2D eigenvalue weighted by Gasteiger charge is 2.28. The van der Waals surface area contributed by atoms with E-state index in [1.165, 1.54) is 0 Å². The summed E-state index contributed by atoms with van der Waals surface area (Å²) in [5, 5.41) is 44.5. The van der Waals surface area contributed by atoms with Crippen molar-refractivity contribution in [3.8, 4) is 0 Å². The topological polar surface area (TPSA) is 101 Å². The molecular formula is C7H16O5. The van der Waals surface area contributed by atoms with E-state index in [1.54, 1.807) is 6.92 Å². The Morgan fingerprint density at radius 2 is 1.33 bits per heavy atom. The summed E-state index contributed by atoms with van der Waals surface area (Å²) in [6.45, 7) is 0.987. The van der Waals surface area contributed by atoms with Gasteiger partial charge in [0.1, 0.15) is 18.3 Å². The van der Waals surface area contributed by atoms with Gasteiger partial charge in [-0.2, -0.15) is 0 Å². The predicted octanol–water partition coefficient (Wildman–Crippen LogP) is -2.17. The molecule has 4 atom stereocenters. The highest BCUT2D eigenvalue weighted by Crippen LogP contribution is 2.06. The fourth-order valence-electron chi connectivity index (χ4n) is 0.805. The summed E-state index contributed by atoms with van der Waals surface area (Å²) in [7, 11) is 0. The molecule has 0 aromatic heterocycles. The summed E-state index contributed by atoms with van der Waals surface area (Å²) in [6, 6.07) is 0. The average molecular weight is 180 g/mol. The molecule has 0 radical (unpaired) electrons. The van der Waals surface area contributed by atoms with Crippen LogP contribution >= 0.6 is 0 Å². The van der Waals surface area contributed by atoms with Crippen molar-refractivity contribution >= 4 is 0 Å². The van der Waals surface area contributed by atoms with Gasteiger partial charge >= 0.3 is 0 Å². The molecule has 0 heterocycles. The van der Waals surface area contributed by atoms with Crippen molar-refractivity contribution in [1.82, 2.24) is 0 Å². The Balaban J connectivity index is 3.99. The van der Waals surface area contributed by atoms with Gasteiger partial charge in [0.05, 0.1) is 12.7 Å².